The van der Waals surface area contributed by atoms with Gasteiger partial charge < -0.3 is 20.2 Å². The van der Waals surface area contributed by atoms with Crippen LogP contribution in [0.5, 0.6) is 0 Å². The van der Waals surface area contributed by atoms with Crippen LogP contribution in [0.1, 0.15) is 26.2 Å². The minimum absolute atomic E-state index is 0.0000989. The Kier molecular flexibility index (Phi) is 4.15. The van der Waals surface area contributed by atoms with E-state index in [0.717, 1.165) is 12.8 Å². The van der Waals surface area contributed by atoms with Crippen molar-refractivity contribution in [3.63, 3.8) is 0 Å². The van der Waals surface area contributed by atoms with Gasteiger partial charge in [-0.3, -0.25) is 9.59 Å². The fourth-order valence-corrected chi connectivity index (χ4v) is 3.12. The Morgan fingerprint density at radius 1 is 1.35 bits per heavy atom. The second-order valence-electron chi connectivity index (χ2n) is 5.45. The second kappa shape index (κ2) is 5.68. The Bertz CT molecular complexity index is 426. The number of aliphatic carboxylic acids is 1. The standard InChI is InChI=1S/C13H21N3O4/c1-3-15(2)11(17)7-14-13(20)16-8-4-5-10(16)9(6-8)12(18)19/h8-10H,3-7H2,1-2H3,(H,14,20)(H,18,19). The van der Waals surface area contributed by atoms with Gasteiger partial charge in [-0.05, 0) is 26.2 Å². The molecule has 0 aliphatic carbocycles. The Balaban J connectivity index is 1.91. The van der Waals surface area contributed by atoms with E-state index >= 15 is 0 Å². The molecule has 112 valence electrons. The highest BCUT2D eigenvalue weighted by Crippen LogP contribution is 2.41. The molecular weight excluding hydrogens is 262 g/mol. The number of fused-ring (bicyclic) bond motifs is 2. The van der Waals surface area contributed by atoms with Gasteiger partial charge in [-0.1, -0.05) is 0 Å². The van der Waals surface area contributed by atoms with Gasteiger partial charge in [0, 0.05) is 25.7 Å². The number of hydrogen-bond donors (Lipinski definition) is 2. The van der Waals surface area contributed by atoms with Crippen molar-refractivity contribution in [1.29, 1.82) is 0 Å². The third kappa shape index (κ3) is 2.57. The van der Waals surface area contributed by atoms with Gasteiger partial charge in [0.15, 0.2) is 0 Å². The van der Waals surface area contributed by atoms with Gasteiger partial charge in [-0.2, -0.15) is 0 Å². The maximum absolute atomic E-state index is 12.1. The van der Waals surface area contributed by atoms with Crippen molar-refractivity contribution < 1.29 is 19.5 Å². The van der Waals surface area contributed by atoms with Gasteiger partial charge in [0.05, 0.1) is 12.5 Å². The van der Waals surface area contributed by atoms with Gasteiger partial charge in [0.25, 0.3) is 0 Å². The molecule has 0 spiro atoms. The average molecular weight is 283 g/mol. The van der Waals surface area contributed by atoms with Crippen LogP contribution in [0.3, 0.4) is 0 Å². The minimum atomic E-state index is -0.836. The van der Waals surface area contributed by atoms with Crippen LogP contribution in [-0.4, -0.2) is 65.0 Å². The molecule has 2 heterocycles. The summed E-state index contributed by atoms with van der Waals surface area (Å²) in [7, 11) is 1.68. The number of carboxylic acid groups (broad SMARTS) is 1. The molecule has 2 aliphatic heterocycles. The van der Waals surface area contributed by atoms with Crippen molar-refractivity contribution in [3.8, 4) is 0 Å². The summed E-state index contributed by atoms with van der Waals surface area (Å²) < 4.78 is 0. The summed E-state index contributed by atoms with van der Waals surface area (Å²) >= 11 is 0. The molecule has 2 bridgehead atoms. The van der Waals surface area contributed by atoms with Crippen molar-refractivity contribution in [2.24, 2.45) is 5.92 Å². The maximum atomic E-state index is 12.1. The van der Waals surface area contributed by atoms with Crippen LogP contribution in [-0.2, 0) is 9.59 Å². The van der Waals surface area contributed by atoms with Gasteiger partial charge in [-0.25, -0.2) is 4.79 Å². The van der Waals surface area contributed by atoms with E-state index in [1.807, 2.05) is 6.92 Å². The molecule has 7 nitrogen and oxygen atoms in total. The number of rotatable bonds is 4. The van der Waals surface area contributed by atoms with E-state index in [9.17, 15) is 14.4 Å². The van der Waals surface area contributed by atoms with Crippen molar-refractivity contribution in [1.82, 2.24) is 15.1 Å². The SMILES string of the molecule is CCN(C)C(=O)CNC(=O)N1C2CCC1C(C(=O)O)C2. The number of carboxylic acids is 1. The average Bonchev–Trinajstić information content (AvgIpc) is 3.01. The number of likely N-dealkylation sites (N-methyl/N-ethyl adjacent to an activating group) is 1. The number of carbonyl (C=O) groups is 3. The minimum Gasteiger partial charge on any atom is -0.481 e. The molecule has 0 aromatic rings. The topological polar surface area (TPSA) is 90.0 Å². The first kappa shape index (κ1) is 14.6. The van der Waals surface area contributed by atoms with Crippen LogP contribution in [0.2, 0.25) is 0 Å². The molecule has 2 fully saturated rings. The van der Waals surface area contributed by atoms with Crippen molar-refractivity contribution >= 4 is 17.9 Å². The van der Waals surface area contributed by atoms with E-state index < -0.39 is 11.9 Å². The first-order chi connectivity index (χ1) is 9.45. The zero-order valence-electron chi connectivity index (χ0n) is 11.8. The summed E-state index contributed by atoms with van der Waals surface area (Å²) in [6, 6.07) is -0.546. The molecule has 0 saturated carbocycles. The molecule has 2 saturated heterocycles. The summed E-state index contributed by atoms with van der Waals surface area (Å²) in [5.74, 6) is -1.45. The molecule has 0 aromatic carbocycles. The van der Waals surface area contributed by atoms with Crippen LogP contribution in [0.15, 0.2) is 0 Å². The van der Waals surface area contributed by atoms with Gasteiger partial charge >= 0.3 is 12.0 Å². The largest absolute Gasteiger partial charge is 0.481 e. The molecule has 2 rings (SSSR count). The highest BCUT2D eigenvalue weighted by atomic mass is 16.4. The van der Waals surface area contributed by atoms with E-state index in [2.05, 4.69) is 5.32 Å². The summed E-state index contributed by atoms with van der Waals surface area (Å²) in [6.07, 6.45) is 2.11. The van der Waals surface area contributed by atoms with Crippen LogP contribution in [0.25, 0.3) is 0 Å². The summed E-state index contributed by atoms with van der Waals surface area (Å²) in [6.45, 7) is 2.40. The maximum Gasteiger partial charge on any atom is 0.318 e. The fourth-order valence-electron chi connectivity index (χ4n) is 3.12. The van der Waals surface area contributed by atoms with Crippen LogP contribution in [0, 0.1) is 5.92 Å². The number of hydrogen-bond acceptors (Lipinski definition) is 3. The second-order valence-corrected chi connectivity index (χ2v) is 5.45. The quantitative estimate of drug-likeness (QED) is 0.766. The number of nitrogens with zero attached hydrogens (tertiary/aromatic N) is 2. The number of urea groups is 1. The lowest BCUT2D eigenvalue weighted by Crippen LogP contribution is -2.47. The molecule has 2 aliphatic rings. The third-order valence-electron chi connectivity index (χ3n) is 4.38. The smallest absolute Gasteiger partial charge is 0.318 e. The first-order valence-electron chi connectivity index (χ1n) is 6.98. The van der Waals surface area contributed by atoms with Crippen molar-refractivity contribution in [2.45, 2.75) is 38.3 Å². The van der Waals surface area contributed by atoms with Gasteiger partial charge in [0.1, 0.15) is 0 Å². The number of amides is 3. The molecule has 3 amide bonds. The van der Waals surface area contributed by atoms with Gasteiger partial charge in [0.2, 0.25) is 5.91 Å². The Labute approximate surface area is 117 Å². The first-order valence-corrected chi connectivity index (χ1v) is 6.98. The Hall–Kier alpha value is -1.79. The Morgan fingerprint density at radius 3 is 2.60 bits per heavy atom. The lowest BCUT2D eigenvalue weighted by molar-refractivity contribution is -0.142. The van der Waals surface area contributed by atoms with E-state index in [0.29, 0.717) is 13.0 Å². The predicted molar refractivity (Wildman–Crippen MR) is 71.1 cm³/mol. The van der Waals surface area contributed by atoms with E-state index in [1.54, 1.807) is 11.9 Å². The van der Waals surface area contributed by atoms with E-state index in [1.165, 1.54) is 4.90 Å². The molecule has 3 unspecified atom stereocenters. The molecular formula is C13H21N3O4. The van der Waals surface area contributed by atoms with Crippen LogP contribution < -0.4 is 5.32 Å². The fraction of sp³-hybridized carbons (Fsp3) is 0.769. The summed E-state index contributed by atoms with van der Waals surface area (Å²) in [5, 5.41) is 11.7. The van der Waals surface area contributed by atoms with E-state index in [-0.39, 0.29) is 30.6 Å². The molecule has 20 heavy (non-hydrogen) atoms. The third-order valence-corrected chi connectivity index (χ3v) is 4.38. The normalized spacial score (nSPS) is 27.5. The highest BCUT2D eigenvalue weighted by molar-refractivity contribution is 5.85. The lowest BCUT2D eigenvalue weighted by Gasteiger charge is -2.24. The summed E-state index contributed by atoms with van der Waals surface area (Å²) in [4.78, 5) is 38.1. The van der Waals surface area contributed by atoms with E-state index in [4.69, 9.17) is 5.11 Å². The molecule has 2 N–H and O–H groups in total. The van der Waals surface area contributed by atoms with Gasteiger partial charge in [-0.15, -0.1) is 0 Å². The van der Waals surface area contributed by atoms with Crippen molar-refractivity contribution in [3.05, 3.63) is 0 Å². The monoisotopic (exact) mass is 283 g/mol. The zero-order valence-corrected chi connectivity index (χ0v) is 11.8. The molecule has 3 atom stereocenters. The van der Waals surface area contributed by atoms with Crippen molar-refractivity contribution in [2.75, 3.05) is 20.1 Å². The van der Waals surface area contributed by atoms with Crippen LogP contribution in [0.4, 0.5) is 4.79 Å². The molecule has 0 radical (unpaired) electrons. The lowest BCUT2D eigenvalue weighted by atomic mass is 9.89. The molecule has 7 heteroatoms. The predicted octanol–water partition coefficient (Wildman–Crippen LogP) is 0.112. The highest BCUT2D eigenvalue weighted by Gasteiger charge is 2.51. The zero-order chi connectivity index (χ0) is 14.9. The number of carbonyl (C=O) groups excluding carboxylic acids is 2. The van der Waals surface area contributed by atoms with Crippen LogP contribution >= 0.6 is 0 Å². The summed E-state index contributed by atoms with van der Waals surface area (Å²) in [5.41, 5.74) is 0. The number of nitrogens with one attached hydrogen (secondary N) is 1. The Morgan fingerprint density at radius 2 is 2.05 bits per heavy atom. The molecule has 0 aromatic heterocycles.